The van der Waals surface area contributed by atoms with Crippen LogP contribution in [0, 0.1) is 5.92 Å². The quantitative estimate of drug-likeness (QED) is 0.328. The fraction of sp³-hybridized carbons (Fsp3) is 1.00. The van der Waals surface area contributed by atoms with Crippen molar-refractivity contribution in [1.82, 2.24) is 0 Å². The highest BCUT2D eigenvalue weighted by molar-refractivity contribution is 4.51. The zero-order valence-electron chi connectivity index (χ0n) is 6.12. The van der Waals surface area contributed by atoms with Gasteiger partial charge in [-0.15, -0.1) is 0 Å². The summed E-state index contributed by atoms with van der Waals surface area (Å²) in [4.78, 5) is 3.93. The molecule has 0 radical (unpaired) electrons. The molecular weight excluding hydrogens is 136 g/mol. The van der Waals surface area contributed by atoms with E-state index in [9.17, 15) is 0 Å². The van der Waals surface area contributed by atoms with Crippen molar-refractivity contribution in [3.63, 3.8) is 0 Å². The third-order valence-electron chi connectivity index (χ3n) is 1.33. The van der Waals surface area contributed by atoms with Crippen LogP contribution in [0.5, 0.6) is 0 Å². The Labute approximate surface area is 60.3 Å². The Morgan fingerprint density at radius 1 is 1.40 bits per heavy atom. The molecule has 0 aliphatic heterocycles. The first-order valence-electron chi connectivity index (χ1n) is 3.30. The maximum atomic E-state index is 8.25. The molecule has 0 unspecified atom stereocenters. The number of hydrogen-bond acceptors (Lipinski definition) is 4. The van der Waals surface area contributed by atoms with E-state index in [1.165, 1.54) is 0 Å². The van der Waals surface area contributed by atoms with E-state index in [0.29, 0.717) is 6.61 Å². The molecule has 0 bridgehead atoms. The molecule has 4 heteroatoms. The van der Waals surface area contributed by atoms with Gasteiger partial charge < -0.3 is 9.84 Å². The lowest BCUT2D eigenvalue weighted by atomic mass is 10.1. The Balaban J connectivity index is 3.21. The van der Waals surface area contributed by atoms with E-state index in [4.69, 9.17) is 15.1 Å². The Kier molecular flexibility index (Phi) is 6.84. The number of aliphatic hydroxyl groups excluding tert-OH is 1. The highest BCUT2D eigenvalue weighted by Gasteiger charge is 2.05. The zero-order chi connectivity index (χ0) is 7.82. The van der Waals surface area contributed by atoms with E-state index < -0.39 is 0 Å². The molecule has 1 atom stereocenters. The normalized spacial score (nSPS) is 13.5. The average Bonchev–Trinajstić information content (AvgIpc) is 1.98. The molecular formula is C6H14O4. The van der Waals surface area contributed by atoms with Crippen LogP contribution in [0.15, 0.2) is 0 Å². The Bertz CT molecular complexity index is 66.8. The molecule has 0 aliphatic rings. The lowest BCUT2D eigenvalue weighted by molar-refractivity contribution is -0.254. The third kappa shape index (κ3) is 4.69. The summed E-state index contributed by atoms with van der Waals surface area (Å²) in [5.74, 6) is 0.164. The second-order valence-corrected chi connectivity index (χ2v) is 2.07. The lowest BCUT2D eigenvalue weighted by Gasteiger charge is -2.10. The maximum Gasteiger partial charge on any atom is 0.143 e. The van der Waals surface area contributed by atoms with Crippen LogP contribution in [0.25, 0.3) is 0 Å². The van der Waals surface area contributed by atoms with Crippen molar-refractivity contribution < 1.29 is 20.0 Å². The van der Waals surface area contributed by atoms with Crippen LogP contribution >= 0.6 is 0 Å². The van der Waals surface area contributed by atoms with E-state index in [-0.39, 0.29) is 19.3 Å². The molecule has 0 fully saturated rings. The van der Waals surface area contributed by atoms with Crippen molar-refractivity contribution in [2.24, 2.45) is 5.92 Å². The van der Waals surface area contributed by atoms with Gasteiger partial charge in [-0.3, -0.25) is 5.26 Å². The van der Waals surface area contributed by atoms with E-state index >= 15 is 0 Å². The molecule has 0 aromatic rings. The van der Waals surface area contributed by atoms with Gasteiger partial charge >= 0.3 is 0 Å². The summed E-state index contributed by atoms with van der Waals surface area (Å²) in [6, 6.07) is 0. The molecule has 0 aliphatic carbocycles. The van der Waals surface area contributed by atoms with E-state index in [1.807, 2.05) is 6.92 Å². The van der Waals surface area contributed by atoms with E-state index in [2.05, 4.69) is 4.89 Å². The molecule has 0 amide bonds. The maximum absolute atomic E-state index is 8.25. The SMILES string of the molecule is CC[C@@H](COO)COCO. The summed E-state index contributed by atoms with van der Waals surface area (Å²) >= 11 is 0. The van der Waals surface area contributed by atoms with Crippen molar-refractivity contribution in [3.8, 4) is 0 Å². The lowest BCUT2D eigenvalue weighted by Crippen LogP contribution is -2.14. The van der Waals surface area contributed by atoms with Crippen molar-refractivity contribution >= 4 is 0 Å². The fourth-order valence-corrected chi connectivity index (χ4v) is 0.609. The minimum atomic E-state index is -0.276. The van der Waals surface area contributed by atoms with Gasteiger partial charge in [0.1, 0.15) is 6.79 Å². The minimum absolute atomic E-state index is 0.164. The Hall–Kier alpha value is -0.160. The molecule has 4 nitrogen and oxygen atoms in total. The van der Waals surface area contributed by atoms with Crippen molar-refractivity contribution in [1.29, 1.82) is 0 Å². The van der Waals surface area contributed by atoms with Gasteiger partial charge in [-0.05, 0) is 6.42 Å². The van der Waals surface area contributed by atoms with Crippen LogP contribution in [-0.4, -0.2) is 30.4 Å². The van der Waals surface area contributed by atoms with Gasteiger partial charge in [0.2, 0.25) is 0 Å². The predicted octanol–water partition coefficient (Wildman–Crippen LogP) is 0.469. The zero-order valence-corrected chi connectivity index (χ0v) is 6.12. The summed E-state index contributed by atoms with van der Waals surface area (Å²) in [6.45, 7) is 2.37. The molecule has 0 saturated carbocycles. The monoisotopic (exact) mass is 150 g/mol. The van der Waals surface area contributed by atoms with Gasteiger partial charge in [0.15, 0.2) is 0 Å². The van der Waals surface area contributed by atoms with Crippen molar-refractivity contribution in [3.05, 3.63) is 0 Å². The average molecular weight is 150 g/mol. The number of rotatable bonds is 6. The van der Waals surface area contributed by atoms with Crippen LogP contribution in [0.3, 0.4) is 0 Å². The number of aliphatic hydroxyl groups is 1. The van der Waals surface area contributed by atoms with Crippen LogP contribution in [0.4, 0.5) is 0 Å². The van der Waals surface area contributed by atoms with Gasteiger partial charge in [-0.2, -0.15) is 0 Å². The third-order valence-corrected chi connectivity index (χ3v) is 1.33. The highest BCUT2D eigenvalue weighted by atomic mass is 17.1. The number of ether oxygens (including phenoxy) is 1. The molecule has 0 saturated heterocycles. The van der Waals surface area contributed by atoms with E-state index in [0.717, 1.165) is 6.42 Å². The smallest absolute Gasteiger partial charge is 0.143 e. The second-order valence-electron chi connectivity index (χ2n) is 2.07. The van der Waals surface area contributed by atoms with Gasteiger partial charge in [0.05, 0.1) is 13.2 Å². The minimum Gasteiger partial charge on any atom is -0.371 e. The molecule has 62 valence electrons. The molecule has 0 aromatic carbocycles. The number of hydrogen-bond donors (Lipinski definition) is 2. The largest absolute Gasteiger partial charge is 0.371 e. The second kappa shape index (κ2) is 6.95. The topological polar surface area (TPSA) is 58.9 Å². The van der Waals surface area contributed by atoms with Crippen molar-refractivity contribution in [2.75, 3.05) is 20.0 Å². The van der Waals surface area contributed by atoms with Crippen LogP contribution in [0.2, 0.25) is 0 Å². The summed E-state index contributed by atoms with van der Waals surface area (Å²) in [6.07, 6.45) is 0.862. The molecule has 0 heterocycles. The predicted molar refractivity (Wildman–Crippen MR) is 35.4 cm³/mol. The standard InChI is InChI=1S/C6H14O4/c1-2-6(4-10-8)3-9-5-7/h6-8H,2-5H2,1H3/t6-/m1/s1. The molecule has 0 rings (SSSR count). The van der Waals surface area contributed by atoms with Crippen LogP contribution < -0.4 is 0 Å². The highest BCUT2D eigenvalue weighted by Crippen LogP contribution is 2.02. The van der Waals surface area contributed by atoms with Gasteiger partial charge in [-0.25, -0.2) is 4.89 Å². The first kappa shape index (κ1) is 9.84. The molecule has 2 N–H and O–H groups in total. The first-order chi connectivity index (χ1) is 4.85. The van der Waals surface area contributed by atoms with Crippen molar-refractivity contribution in [2.45, 2.75) is 13.3 Å². The van der Waals surface area contributed by atoms with E-state index in [1.54, 1.807) is 0 Å². The summed E-state index contributed by atoms with van der Waals surface area (Å²) in [5, 5.41) is 16.3. The Morgan fingerprint density at radius 2 is 2.10 bits per heavy atom. The molecule has 0 aromatic heterocycles. The summed E-state index contributed by atoms with van der Waals surface area (Å²) in [5.41, 5.74) is 0. The Morgan fingerprint density at radius 3 is 2.50 bits per heavy atom. The van der Waals surface area contributed by atoms with Gasteiger partial charge in [0.25, 0.3) is 0 Å². The summed E-state index contributed by atoms with van der Waals surface area (Å²) in [7, 11) is 0. The van der Waals surface area contributed by atoms with Gasteiger partial charge in [0, 0.05) is 5.92 Å². The van der Waals surface area contributed by atoms with Crippen LogP contribution in [0.1, 0.15) is 13.3 Å². The van der Waals surface area contributed by atoms with Gasteiger partial charge in [-0.1, -0.05) is 6.92 Å². The molecule has 10 heavy (non-hydrogen) atoms. The first-order valence-corrected chi connectivity index (χ1v) is 3.30. The summed E-state index contributed by atoms with van der Waals surface area (Å²) < 4.78 is 4.70. The van der Waals surface area contributed by atoms with Crippen LogP contribution in [-0.2, 0) is 9.62 Å². The molecule has 0 spiro atoms. The fourth-order valence-electron chi connectivity index (χ4n) is 0.609.